The molecule has 3 rings (SSSR count). The number of aromatic nitrogens is 1. The van der Waals surface area contributed by atoms with Gasteiger partial charge in [-0.05, 0) is 37.8 Å². The lowest BCUT2D eigenvalue weighted by molar-refractivity contribution is 0.353. The first-order chi connectivity index (χ1) is 10.2. The summed E-state index contributed by atoms with van der Waals surface area (Å²) in [7, 11) is 0. The molecule has 0 bridgehead atoms. The molecule has 1 saturated heterocycles. The molecular weight excluding hydrogens is 260 g/mol. The van der Waals surface area contributed by atoms with Gasteiger partial charge in [0.25, 0.3) is 0 Å². The number of nitrogens with zero attached hydrogens (tertiary/aromatic N) is 3. The smallest absolute Gasteiger partial charge is 0.130 e. The summed E-state index contributed by atoms with van der Waals surface area (Å²) in [5.74, 6) is 1.51. The minimum atomic E-state index is 0.256. The predicted octanol–water partition coefficient (Wildman–Crippen LogP) is 2.67. The summed E-state index contributed by atoms with van der Waals surface area (Å²) >= 11 is 0. The molecule has 2 aromatic rings. The summed E-state index contributed by atoms with van der Waals surface area (Å²) in [6, 6.07) is 12.3. The number of benzene rings is 1. The highest BCUT2D eigenvalue weighted by Crippen LogP contribution is 2.27. The van der Waals surface area contributed by atoms with E-state index >= 15 is 0 Å². The standard InChI is InChI=1S/C17H20N4/c1-12(19)13-6-8-21(9-7-13)17-10-14(11-18)15-4-2-3-5-16(15)20-17/h2-5,10,12-13H,6-9,19H2,1H3. The second kappa shape index (κ2) is 5.71. The molecule has 0 radical (unpaired) electrons. The van der Waals surface area contributed by atoms with Crippen LogP contribution in [0.1, 0.15) is 25.3 Å². The normalized spacial score (nSPS) is 17.7. The van der Waals surface area contributed by atoms with E-state index < -0.39 is 0 Å². The summed E-state index contributed by atoms with van der Waals surface area (Å²) in [5, 5.41) is 10.3. The molecule has 1 unspecified atom stereocenters. The Morgan fingerprint density at radius 2 is 2.05 bits per heavy atom. The van der Waals surface area contributed by atoms with Crippen LogP contribution in [0.5, 0.6) is 0 Å². The fourth-order valence-electron chi connectivity index (χ4n) is 3.07. The van der Waals surface area contributed by atoms with Gasteiger partial charge in [0.2, 0.25) is 0 Å². The van der Waals surface area contributed by atoms with Crippen molar-refractivity contribution in [2.75, 3.05) is 18.0 Å². The molecule has 1 fully saturated rings. The molecule has 1 aliphatic rings. The molecule has 0 saturated carbocycles. The highest BCUT2D eigenvalue weighted by Gasteiger charge is 2.23. The molecule has 2 N–H and O–H groups in total. The molecule has 1 aromatic heterocycles. The van der Waals surface area contributed by atoms with E-state index in [9.17, 15) is 5.26 Å². The van der Waals surface area contributed by atoms with Crippen molar-refractivity contribution in [1.82, 2.24) is 4.98 Å². The summed E-state index contributed by atoms with van der Waals surface area (Å²) in [5.41, 5.74) is 7.58. The molecule has 0 aliphatic carbocycles. The average Bonchev–Trinajstić information content (AvgIpc) is 2.53. The third kappa shape index (κ3) is 2.70. The first kappa shape index (κ1) is 13.8. The lowest BCUT2D eigenvalue weighted by Gasteiger charge is -2.34. The zero-order valence-corrected chi connectivity index (χ0v) is 12.3. The second-order valence-electron chi connectivity index (χ2n) is 5.84. The van der Waals surface area contributed by atoms with E-state index in [4.69, 9.17) is 10.7 Å². The lowest BCUT2D eigenvalue weighted by atomic mass is 9.91. The van der Waals surface area contributed by atoms with Gasteiger partial charge >= 0.3 is 0 Å². The Morgan fingerprint density at radius 3 is 2.71 bits per heavy atom. The van der Waals surface area contributed by atoms with E-state index in [0.717, 1.165) is 42.7 Å². The first-order valence-corrected chi connectivity index (χ1v) is 7.49. The van der Waals surface area contributed by atoms with Crippen LogP contribution in [0.2, 0.25) is 0 Å². The Bertz CT molecular complexity index is 679. The van der Waals surface area contributed by atoms with Crippen LogP contribution in [0, 0.1) is 17.2 Å². The van der Waals surface area contributed by atoms with Gasteiger partial charge in [0.05, 0.1) is 17.1 Å². The van der Waals surface area contributed by atoms with Crippen molar-refractivity contribution in [3.05, 3.63) is 35.9 Å². The molecule has 1 aromatic carbocycles. The number of rotatable bonds is 2. The van der Waals surface area contributed by atoms with Gasteiger partial charge in [-0.2, -0.15) is 5.26 Å². The van der Waals surface area contributed by atoms with Gasteiger partial charge < -0.3 is 10.6 Å². The van der Waals surface area contributed by atoms with Crippen LogP contribution in [-0.4, -0.2) is 24.1 Å². The zero-order chi connectivity index (χ0) is 14.8. The van der Waals surface area contributed by atoms with Crippen molar-refractivity contribution in [3.8, 4) is 6.07 Å². The van der Waals surface area contributed by atoms with Gasteiger partial charge in [-0.25, -0.2) is 4.98 Å². The van der Waals surface area contributed by atoms with Crippen LogP contribution in [-0.2, 0) is 0 Å². The zero-order valence-electron chi connectivity index (χ0n) is 12.3. The molecular formula is C17H20N4. The Labute approximate surface area is 125 Å². The van der Waals surface area contributed by atoms with Crippen LogP contribution in [0.25, 0.3) is 10.9 Å². The first-order valence-electron chi connectivity index (χ1n) is 7.49. The van der Waals surface area contributed by atoms with Crippen molar-refractivity contribution in [2.24, 2.45) is 11.7 Å². The van der Waals surface area contributed by atoms with E-state index in [1.54, 1.807) is 0 Å². The number of nitrogens with two attached hydrogens (primary N) is 1. The molecule has 1 atom stereocenters. The quantitative estimate of drug-likeness (QED) is 0.918. The third-order valence-electron chi connectivity index (χ3n) is 4.43. The maximum atomic E-state index is 9.36. The highest BCUT2D eigenvalue weighted by atomic mass is 15.2. The van der Waals surface area contributed by atoms with Crippen molar-refractivity contribution in [3.63, 3.8) is 0 Å². The fraction of sp³-hybridized carbons (Fsp3) is 0.412. The monoisotopic (exact) mass is 280 g/mol. The minimum Gasteiger partial charge on any atom is -0.357 e. The number of nitriles is 1. The second-order valence-corrected chi connectivity index (χ2v) is 5.84. The van der Waals surface area contributed by atoms with Crippen molar-refractivity contribution in [1.29, 1.82) is 5.26 Å². The fourth-order valence-corrected chi connectivity index (χ4v) is 3.07. The Hall–Kier alpha value is -2.12. The predicted molar refractivity (Wildman–Crippen MR) is 85.0 cm³/mol. The van der Waals surface area contributed by atoms with Crippen LogP contribution >= 0.6 is 0 Å². The number of hydrogen-bond donors (Lipinski definition) is 1. The third-order valence-corrected chi connectivity index (χ3v) is 4.43. The largest absolute Gasteiger partial charge is 0.357 e. The van der Waals surface area contributed by atoms with Crippen LogP contribution in [0.4, 0.5) is 5.82 Å². The van der Waals surface area contributed by atoms with Gasteiger partial charge in [-0.3, -0.25) is 0 Å². The Balaban J connectivity index is 1.90. The summed E-state index contributed by atoms with van der Waals surface area (Å²) < 4.78 is 0. The number of piperidine rings is 1. The molecule has 21 heavy (non-hydrogen) atoms. The summed E-state index contributed by atoms with van der Waals surface area (Å²) in [6.45, 7) is 4.01. The number of anilines is 1. The van der Waals surface area contributed by atoms with Gasteiger partial charge in [-0.15, -0.1) is 0 Å². The molecule has 4 nitrogen and oxygen atoms in total. The molecule has 108 valence electrons. The lowest BCUT2D eigenvalue weighted by Crippen LogP contribution is -2.40. The van der Waals surface area contributed by atoms with Crippen LogP contribution in [0.15, 0.2) is 30.3 Å². The SMILES string of the molecule is CC(N)C1CCN(c2cc(C#N)c3ccccc3n2)CC1. The van der Waals surface area contributed by atoms with Crippen molar-refractivity contribution < 1.29 is 0 Å². The number of pyridine rings is 1. The van der Waals surface area contributed by atoms with Crippen LogP contribution < -0.4 is 10.6 Å². The number of hydrogen-bond acceptors (Lipinski definition) is 4. The maximum Gasteiger partial charge on any atom is 0.130 e. The average molecular weight is 280 g/mol. The minimum absolute atomic E-state index is 0.256. The van der Waals surface area contributed by atoms with E-state index in [1.165, 1.54) is 0 Å². The Kier molecular flexibility index (Phi) is 3.76. The molecule has 0 spiro atoms. The summed E-state index contributed by atoms with van der Waals surface area (Å²) in [4.78, 5) is 6.99. The molecule has 1 aliphatic heterocycles. The van der Waals surface area contributed by atoms with Gasteiger partial charge in [0.15, 0.2) is 0 Å². The highest BCUT2D eigenvalue weighted by molar-refractivity contribution is 5.86. The van der Waals surface area contributed by atoms with E-state index in [0.29, 0.717) is 11.5 Å². The van der Waals surface area contributed by atoms with Crippen molar-refractivity contribution in [2.45, 2.75) is 25.8 Å². The topological polar surface area (TPSA) is 65.9 Å². The van der Waals surface area contributed by atoms with E-state index in [-0.39, 0.29) is 6.04 Å². The molecule has 0 amide bonds. The number of para-hydroxylation sites is 1. The molecule has 2 heterocycles. The number of fused-ring (bicyclic) bond motifs is 1. The van der Waals surface area contributed by atoms with Crippen LogP contribution in [0.3, 0.4) is 0 Å². The van der Waals surface area contributed by atoms with Gasteiger partial charge in [-0.1, -0.05) is 18.2 Å². The van der Waals surface area contributed by atoms with E-state index in [1.807, 2.05) is 30.3 Å². The van der Waals surface area contributed by atoms with Gasteiger partial charge in [0.1, 0.15) is 5.82 Å². The maximum absolute atomic E-state index is 9.36. The van der Waals surface area contributed by atoms with Crippen molar-refractivity contribution >= 4 is 16.7 Å². The van der Waals surface area contributed by atoms with E-state index in [2.05, 4.69) is 17.9 Å². The Morgan fingerprint density at radius 1 is 1.33 bits per heavy atom. The summed E-state index contributed by atoms with van der Waals surface area (Å²) in [6.07, 6.45) is 2.18. The molecule has 4 heteroatoms. The van der Waals surface area contributed by atoms with Gasteiger partial charge in [0, 0.05) is 24.5 Å².